The van der Waals surface area contributed by atoms with Crippen LogP contribution in [0.2, 0.25) is 0 Å². The number of fused-ring (bicyclic) bond motifs is 1. The van der Waals surface area contributed by atoms with Gasteiger partial charge < -0.3 is 5.41 Å². The van der Waals surface area contributed by atoms with Gasteiger partial charge in [-0.3, -0.25) is 4.67 Å². The fourth-order valence-electron chi connectivity index (χ4n) is 1.98. The second-order valence-corrected chi connectivity index (χ2v) is 4.52. The standard InChI is InChI=1S/C11H15N2P/c1-8(12)10-4-2-3-9-7-13(14)6-5-11(9)10/h2-4,12H,5-7,14H2,1H3. The highest BCUT2D eigenvalue weighted by Gasteiger charge is 2.16. The summed E-state index contributed by atoms with van der Waals surface area (Å²) in [7, 11) is 2.75. The lowest BCUT2D eigenvalue weighted by Crippen LogP contribution is -2.23. The third-order valence-corrected chi connectivity index (χ3v) is 3.14. The van der Waals surface area contributed by atoms with Crippen LogP contribution >= 0.6 is 9.39 Å². The molecule has 1 aliphatic rings. The molecule has 3 heteroatoms. The van der Waals surface area contributed by atoms with E-state index in [2.05, 4.69) is 32.3 Å². The maximum Gasteiger partial charge on any atom is 0.0358 e. The summed E-state index contributed by atoms with van der Waals surface area (Å²) >= 11 is 0. The van der Waals surface area contributed by atoms with Crippen LogP contribution in [0.5, 0.6) is 0 Å². The second-order valence-electron chi connectivity index (χ2n) is 3.79. The Morgan fingerprint density at radius 1 is 1.50 bits per heavy atom. The number of nitrogens with zero attached hydrogens (tertiary/aromatic N) is 1. The number of benzene rings is 1. The van der Waals surface area contributed by atoms with E-state index in [1.807, 2.05) is 6.92 Å². The third-order valence-electron chi connectivity index (χ3n) is 2.70. The largest absolute Gasteiger partial charge is 0.305 e. The van der Waals surface area contributed by atoms with Crippen molar-refractivity contribution in [2.24, 2.45) is 0 Å². The molecule has 0 aliphatic carbocycles. The van der Waals surface area contributed by atoms with Crippen molar-refractivity contribution >= 4 is 15.1 Å². The Balaban J connectivity index is 2.46. The third kappa shape index (κ3) is 1.73. The Morgan fingerprint density at radius 2 is 2.29 bits per heavy atom. The zero-order valence-corrected chi connectivity index (χ0v) is 9.53. The zero-order valence-electron chi connectivity index (χ0n) is 8.38. The first-order chi connectivity index (χ1) is 6.68. The summed E-state index contributed by atoms with van der Waals surface area (Å²) < 4.78 is 2.24. The van der Waals surface area contributed by atoms with Crippen LogP contribution in [0.3, 0.4) is 0 Å². The smallest absolute Gasteiger partial charge is 0.0358 e. The van der Waals surface area contributed by atoms with Crippen molar-refractivity contribution in [3.63, 3.8) is 0 Å². The predicted molar refractivity (Wildman–Crippen MR) is 62.8 cm³/mol. The van der Waals surface area contributed by atoms with Crippen LogP contribution in [-0.4, -0.2) is 16.9 Å². The summed E-state index contributed by atoms with van der Waals surface area (Å²) in [4.78, 5) is 0. The van der Waals surface area contributed by atoms with Crippen molar-refractivity contribution in [3.8, 4) is 0 Å². The van der Waals surface area contributed by atoms with Crippen LogP contribution in [0.1, 0.15) is 23.6 Å². The fraction of sp³-hybridized carbons (Fsp3) is 0.364. The van der Waals surface area contributed by atoms with Crippen LogP contribution in [0.15, 0.2) is 18.2 Å². The molecule has 0 bridgehead atoms. The van der Waals surface area contributed by atoms with E-state index in [1.54, 1.807) is 0 Å². The summed E-state index contributed by atoms with van der Waals surface area (Å²) in [5.41, 5.74) is 4.55. The Kier molecular flexibility index (Phi) is 2.66. The lowest BCUT2D eigenvalue weighted by Gasteiger charge is -2.26. The van der Waals surface area contributed by atoms with Crippen molar-refractivity contribution in [2.45, 2.75) is 19.9 Å². The van der Waals surface area contributed by atoms with E-state index in [1.165, 1.54) is 11.1 Å². The number of hydrogen-bond acceptors (Lipinski definition) is 2. The van der Waals surface area contributed by atoms with Crippen molar-refractivity contribution in [1.82, 2.24) is 4.67 Å². The van der Waals surface area contributed by atoms with E-state index < -0.39 is 0 Å². The maximum atomic E-state index is 7.71. The quantitative estimate of drug-likeness (QED) is 0.553. The van der Waals surface area contributed by atoms with Gasteiger partial charge in [-0.1, -0.05) is 27.6 Å². The molecular formula is C11H15N2P. The second kappa shape index (κ2) is 3.80. The van der Waals surface area contributed by atoms with Gasteiger partial charge in [-0.25, -0.2) is 0 Å². The van der Waals surface area contributed by atoms with Gasteiger partial charge in [-0.2, -0.15) is 0 Å². The highest BCUT2D eigenvalue weighted by atomic mass is 31.0. The first kappa shape index (κ1) is 9.82. The van der Waals surface area contributed by atoms with Gasteiger partial charge in [0.1, 0.15) is 0 Å². The lowest BCUT2D eigenvalue weighted by atomic mass is 9.93. The molecule has 0 saturated heterocycles. The summed E-state index contributed by atoms with van der Waals surface area (Å²) in [5.74, 6) is 0. The molecule has 1 atom stereocenters. The van der Waals surface area contributed by atoms with Crippen molar-refractivity contribution in [3.05, 3.63) is 34.9 Å². The SMILES string of the molecule is CC(=N)c1cccc2c1CCN(P)C2. The Hall–Kier alpha value is -0.720. The van der Waals surface area contributed by atoms with E-state index in [0.29, 0.717) is 5.71 Å². The van der Waals surface area contributed by atoms with Crippen LogP contribution in [0, 0.1) is 5.41 Å². The Bertz CT molecular complexity index is 374. The van der Waals surface area contributed by atoms with Gasteiger partial charge in [-0.15, -0.1) is 0 Å². The molecule has 1 N–H and O–H groups in total. The molecule has 1 aliphatic heterocycles. The molecule has 2 rings (SSSR count). The molecule has 0 aromatic heterocycles. The summed E-state index contributed by atoms with van der Waals surface area (Å²) in [6, 6.07) is 6.27. The molecule has 1 aromatic carbocycles. The highest BCUT2D eigenvalue weighted by molar-refractivity contribution is 7.13. The van der Waals surface area contributed by atoms with E-state index in [9.17, 15) is 0 Å². The molecule has 0 spiro atoms. The lowest BCUT2D eigenvalue weighted by molar-refractivity contribution is 0.443. The first-order valence-electron chi connectivity index (χ1n) is 4.84. The molecular weight excluding hydrogens is 191 g/mol. The number of hydrogen-bond donors (Lipinski definition) is 1. The molecule has 0 saturated carbocycles. The van der Waals surface area contributed by atoms with E-state index >= 15 is 0 Å². The van der Waals surface area contributed by atoms with Gasteiger partial charge in [0, 0.05) is 18.8 Å². The minimum Gasteiger partial charge on any atom is -0.305 e. The van der Waals surface area contributed by atoms with E-state index in [4.69, 9.17) is 5.41 Å². The number of nitrogens with one attached hydrogen (secondary N) is 1. The molecule has 2 nitrogen and oxygen atoms in total. The maximum absolute atomic E-state index is 7.71. The Labute approximate surface area is 87.1 Å². The zero-order chi connectivity index (χ0) is 10.1. The van der Waals surface area contributed by atoms with Gasteiger partial charge in [0.15, 0.2) is 0 Å². The van der Waals surface area contributed by atoms with Crippen molar-refractivity contribution < 1.29 is 0 Å². The summed E-state index contributed by atoms with van der Waals surface area (Å²) in [6.45, 7) is 3.92. The Morgan fingerprint density at radius 3 is 3.00 bits per heavy atom. The van der Waals surface area contributed by atoms with Crippen LogP contribution < -0.4 is 0 Å². The summed E-state index contributed by atoms with van der Waals surface area (Å²) in [6.07, 6.45) is 1.06. The first-order valence-corrected chi connectivity index (χ1v) is 5.36. The minimum absolute atomic E-state index is 0.680. The normalized spacial score (nSPS) is 16.4. The number of rotatable bonds is 1. The van der Waals surface area contributed by atoms with E-state index in [0.717, 1.165) is 25.1 Å². The molecule has 74 valence electrons. The predicted octanol–water partition coefficient (Wildman–Crippen LogP) is 2.22. The van der Waals surface area contributed by atoms with Crippen LogP contribution in [0.4, 0.5) is 0 Å². The molecule has 0 radical (unpaired) electrons. The van der Waals surface area contributed by atoms with Gasteiger partial charge in [0.25, 0.3) is 0 Å². The van der Waals surface area contributed by atoms with Crippen molar-refractivity contribution in [1.29, 1.82) is 5.41 Å². The van der Waals surface area contributed by atoms with Crippen LogP contribution in [0.25, 0.3) is 0 Å². The summed E-state index contributed by atoms with van der Waals surface area (Å²) in [5, 5.41) is 7.71. The highest BCUT2D eigenvalue weighted by Crippen LogP contribution is 2.24. The molecule has 14 heavy (non-hydrogen) atoms. The molecule has 0 fully saturated rings. The molecule has 1 aromatic rings. The molecule has 1 unspecified atom stereocenters. The van der Waals surface area contributed by atoms with Gasteiger partial charge in [0.2, 0.25) is 0 Å². The van der Waals surface area contributed by atoms with Gasteiger partial charge in [-0.05, 0) is 30.0 Å². The van der Waals surface area contributed by atoms with Crippen LogP contribution in [-0.2, 0) is 13.0 Å². The van der Waals surface area contributed by atoms with Crippen molar-refractivity contribution in [2.75, 3.05) is 6.54 Å². The molecule has 1 heterocycles. The molecule has 0 amide bonds. The van der Waals surface area contributed by atoms with Gasteiger partial charge >= 0.3 is 0 Å². The topological polar surface area (TPSA) is 27.1 Å². The van der Waals surface area contributed by atoms with Gasteiger partial charge in [0.05, 0.1) is 0 Å². The minimum atomic E-state index is 0.680. The monoisotopic (exact) mass is 206 g/mol. The van der Waals surface area contributed by atoms with E-state index in [-0.39, 0.29) is 0 Å². The fourth-order valence-corrected chi connectivity index (χ4v) is 2.31. The average Bonchev–Trinajstić information content (AvgIpc) is 2.16. The average molecular weight is 206 g/mol.